The fraction of sp³-hybridized carbons (Fsp3) is 0.278. The number of halogens is 2. The molecule has 0 atom stereocenters. The lowest BCUT2D eigenvalue weighted by Gasteiger charge is -2.30. The summed E-state index contributed by atoms with van der Waals surface area (Å²) in [5.74, 6) is 1.11. The van der Waals surface area contributed by atoms with Crippen molar-refractivity contribution in [3.8, 4) is 11.5 Å². The second-order valence-corrected chi connectivity index (χ2v) is 6.36. The van der Waals surface area contributed by atoms with Crippen LogP contribution in [0.5, 0.6) is 11.5 Å². The summed E-state index contributed by atoms with van der Waals surface area (Å²) in [7, 11) is 3.14. The molecule has 1 aliphatic heterocycles. The predicted molar refractivity (Wildman–Crippen MR) is 94.5 cm³/mol. The van der Waals surface area contributed by atoms with Crippen molar-refractivity contribution < 1.29 is 14.3 Å². The van der Waals surface area contributed by atoms with Crippen molar-refractivity contribution in [2.75, 3.05) is 20.8 Å². The smallest absolute Gasteiger partial charge is 0.254 e. The molecule has 3 rings (SSSR count). The molecule has 4 nitrogen and oxygen atoms in total. The van der Waals surface area contributed by atoms with E-state index in [2.05, 4.69) is 0 Å². The summed E-state index contributed by atoms with van der Waals surface area (Å²) in [6, 6.07) is 8.94. The number of ether oxygens (including phenoxy) is 2. The highest BCUT2D eigenvalue weighted by molar-refractivity contribution is 6.36. The molecule has 0 N–H and O–H groups in total. The third-order valence-corrected chi connectivity index (χ3v) is 4.90. The molecule has 1 amide bonds. The quantitative estimate of drug-likeness (QED) is 0.814. The molecule has 0 bridgehead atoms. The Labute approximate surface area is 150 Å². The van der Waals surface area contributed by atoms with Gasteiger partial charge in [0, 0.05) is 34.3 Å². The Morgan fingerprint density at radius 1 is 1.08 bits per heavy atom. The van der Waals surface area contributed by atoms with E-state index in [0.717, 1.165) is 17.5 Å². The fourth-order valence-electron chi connectivity index (χ4n) is 2.88. The molecule has 2 aromatic carbocycles. The zero-order valence-electron chi connectivity index (χ0n) is 13.4. The molecule has 0 fully saturated rings. The van der Waals surface area contributed by atoms with Crippen molar-refractivity contribution in [2.45, 2.75) is 13.0 Å². The number of fused-ring (bicyclic) bond motifs is 1. The third-order valence-electron chi connectivity index (χ3n) is 4.19. The van der Waals surface area contributed by atoms with E-state index in [1.807, 2.05) is 6.07 Å². The van der Waals surface area contributed by atoms with Crippen molar-refractivity contribution in [1.82, 2.24) is 4.90 Å². The van der Waals surface area contributed by atoms with Crippen molar-refractivity contribution in [2.24, 2.45) is 0 Å². The summed E-state index contributed by atoms with van der Waals surface area (Å²) in [5.41, 5.74) is 2.35. The summed E-state index contributed by atoms with van der Waals surface area (Å²) >= 11 is 12.4. The average molecular weight is 366 g/mol. The minimum absolute atomic E-state index is 0.0619. The maximum Gasteiger partial charge on any atom is 0.254 e. The van der Waals surface area contributed by atoms with Crippen LogP contribution in [-0.2, 0) is 13.0 Å². The van der Waals surface area contributed by atoms with Crippen LogP contribution in [0.3, 0.4) is 0 Å². The number of hydrogen-bond donors (Lipinski definition) is 0. The van der Waals surface area contributed by atoms with Crippen LogP contribution in [0.15, 0.2) is 30.3 Å². The van der Waals surface area contributed by atoms with E-state index in [1.54, 1.807) is 43.4 Å². The minimum atomic E-state index is -0.0619. The van der Waals surface area contributed by atoms with Crippen LogP contribution in [0.2, 0.25) is 10.0 Å². The molecule has 0 saturated heterocycles. The monoisotopic (exact) mass is 365 g/mol. The molecule has 2 aromatic rings. The van der Waals surface area contributed by atoms with Crippen LogP contribution in [0.25, 0.3) is 0 Å². The van der Waals surface area contributed by atoms with E-state index >= 15 is 0 Å². The predicted octanol–water partition coefficient (Wildman–Crippen LogP) is 4.21. The van der Waals surface area contributed by atoms with Gasteiger partial charge in [-0.3, -0.25) is 4.79 Å². The highest BCUT2D eigenvalue weighted by Crippen LogP contribution is 2.34. The summed E-state index contributed by atoms with van der Waals surface area (Å²) in [4.78, 5) is 14.6. The van der Waals surface area contributed by atoms with Gasteiger partial charge in [0.2, 0.25) is 0 Å². The minimum Gasteiger partial charge on any atom is -0.493 e. The van der Waals surface area contributed by atoms with Gasteiger partial charge >= 0.3 is 0 Å². The second-order valence-electron chi connectivity index (χ2n) is 5.54. The molecular formula is C18H17Cl2NO3. The van der Waals surface area contributed by atoms with Crippen LogP contribution in [0.1, 0.15) is 21.5 Å². The lowest BCUT2D eigenvalue weighted by Crippen LogP contribution is -2.37. The number of carbonyl (C=O) groups excluding carboxylic acids is 1. The van der Waals surface area contributed by atoms with Gasteiger partial charge in [-0.2, -0.15) is 0 Å². The van der Waals surface area contributed by atoms with Gasteiger partial charge in [-0.1, -0.05) is 29.3 Å². The maximum atomic E-state index is 12.9. The van der Waals surface area contributed by atoms with Gasteiger partial charge in [0.1, 0.15) is 0 Å². The van der Waals surface area contributed by atoms with Crippen molar-refractivity contribution in [3.63, 3.8) is 0 Å². The second kappa shape index (κ2) is 6.91. The van der Waals surface area contributed by atoms with Crippen LogP contribution in [0.4, 0.5) is 0 Å². The number of rotatable bonds is 4. The summed E-state index contributed by atoms with van der Waals surface area (Å²) < 4.78 is 10.6. The van der Waals surface area contributed by atoms with E-state index in [-0.39, 0.29) is 5.91 Å². The lowest BCUT2D eigenvalue weighted by molar-refractivity contribution is 0.0726. The number of carbonyl (C=O) groups is 1. The van der Waals surface area contributed by atoms with E-state index < -0.39 is 0 Å². The number of hydrogen-bond acceptors (Lipinski definition) is 3. The Morgan fingerprint density at radius 2 is 1.71 bits per heavy atom. The normalized spacial score (nSPS) is 13.7. The van der Waals surface area contributed by atoms with Crippen molar-refractivity contribution >= 4 is 29.1 Å². The first kappa shape index (κ1) is 16.9. The Morgan fingerprint density at radius 3 is 2.33 bits per heavy atom. The number of benzene rings is 2. The molecule has 0 radical (unpaired) electrons. The number of methoxy groups -OCH3 is 2. The molecular weight excluding hydrogens is 349 g/mol. The first-order valence-corrected chi connectivity index (χ1v) is 8.27. The third kappa shape index (κ3) is 3.04. The average Bonchev–Trinajstić information content (AvgIpc) is 2.59. The molecule has 0 unspecified atom stereocenters. The van der Waals surface area contributed by atoms with Gasteiger partial charge in [-0.15, -0.1) is 0 Å². The van der Waals surface area contributed by atoms with Crippen molar-refractivity contribution in [3.05, 3.63) is 57.1 Å². The Hall–Kier alpha value is -1.91. The topological polar surface area (TPSA) is 38.8 Å². The molecule has 1 heterocycles. The first-order chi connectivity index (χ1) is 11.5. The fourth-order valence-corrected chi connectivity index (χ4v) is 3.40. The summed E-state index contributed by atoms with van der Waals surface area (Å²) in [5, 5.41) is 1.13. The van der Waals surface area contributed by atoms with Gasteiger partial charge in [-0.05, 0) is 36.2 Å². The van der Waals surface area contributed by atoms with E-state index in [4.69, 9.17) is 32.7 Å². The van der Waals surface area contributed by atoms with Gasteiger partial charge in [0.05, 0.1) is 14.2 Å². The van der Waals surface area contributed by atoms with Gasteiger partial charge < -0.3 is 14.4 Å². The van der Waals surface area contributed by atoms with Crippen LogP contribution in [-0.4, -0.2) is 31.6 Å². The van der Waals surface area contributed by atoms with E-state index in [1.165, 1.54) is 0 Å². The number of nitrogens with zero attached hydrogens (tertiary/aromatic N) is 1. The van der Waals surface area contributed by atoms with Crippen LogP contribution < -0.4 is 9.47 Å². The van der Waals surface area contributed by atoms with Gasteiger partial charge in [0.15, 0.2) is 11.5 Å². The molecule has 6 heteroatoms. The van der Waals surface area contributed by atoms with Gasteiger partial charge in [-0.25, -0.2) is 0 Å². The summed E-state index contributed by atoms with van der Waals surface area (Å²) in [6.45, 7) is 0.980. The number of amides is 1. The highest BCUT2D eigenvalue weighted by atomic mass is 35.5. The Kier molecular flexibility index (Phi) is 4.88. The zero-order chi connectivity index (χ0) is 17.3. The Balaban J connectivity index is 1.92. The zero-order valence-corrected chi connectivity index (χ0v) is 14.9. The van der Waals surface area contributed by atoms with Crippen molar-refractivity contribution in [1.29, 1.82) is 0 Å². The largest absolute Gasteiger partial charge is 0.493 e. The van der Waals surface area contributed by atoms with Gasteiger partial charge in [0.25, 0.3) is 5.91 Å². The molecule has 0 aromatic heterocycles. The molecule has 24 heavy (non-hydrogen) atoms. The highest BCUT2D eigenvalue weighted by Gasteiger charge is 2.27. The maximum absolute atomic E-state index is 12.9. The van der Waals surface area contributed by atoms with E-state index in [0.29, 0.717) is 40.2 Å². The molecule has 1 aliphatic rings. The lowest BCUT2D eigenvalue weighted by atomic mass is 9.97. The first-order valence-electron chi connectivity index (χ1n) is 7.52. The SMILES string of the molecule is COc1cc2c(cc1OC)C(=O)N(Cc1c(Cl)cccc1Cl)CC2. The Bertz CT molecular complexity index is 772. The van der Waals surface area contributed by atoms with E-state index in [9.17, 15) is 4.79 Å². The summed E-state index contributed by atoms with van der Waals surface area (Å²) in [6.07, 6.45) is 0.740. The molecule has 0 aliphatic carbocycles. The standard InChI is InChI=1S/C18H17Cl2NO3/c1-23-16-8-11-6-7-21(18(22)12(11)9-17(16)24-2)10-13-14(19)4-3-5-15(13)20/h3-5,8-9H,6-7,10H2,1-2H3. The molecule has 0 saturated carbocycles. The van der Waals surface area contributed by atoms with Crippen LogP contribution in [0, 0.1) is 0 Å². The van der Waals surface area contributed by atoms with Crippen LogP contribution >= 0.6 is 23.2 Å². The molecule has 126 valence electrons. The molecule has 0 spiro atoms.